The highest BCUT2D eigenvalue weighted by Crippen LogP contribution is 2.21. The fraction of sp³-hybridized carbons (Fsp3) is 0.636. The quantitative estimate of drug-likeness (QED) is 0.803. The molecule has 6 heteroatoms. The highest BCUT2D eigenvalue weighted by Gasteiger charge is 2.18. The molecule has 1 aromatic rings. The lowest BCUT2D eigenvalue weighted by Crippen LogP contribution is -2.32. The second-order valence-corrected chi connectivity index (χ2v) is 6.00. The first-order chi connectivity index (χ1) is 7.85. The van der Waals surface area contributed by atoms with E-state index in [-0.39, 0.29) is 11.8 Å². The van der Waals surface area contributed by atoms with Crippen molar-refractivity contribution in [3.8, 4) is 0 Å². The van der Waals surface area contributed by atoms with Crippen molar-refractivity contribution in [2.45, 2.75) is 26.8 Å². The summed E-state index contributed by atoms with van der Waals surface area (Å²) in [5, 5.41) is 2.81. The number of sulfonamides is 1. The van der Waals surface area contributed by atoms with Crippen LogP contribution >= 0.6 is 0 Å². The lowest BCUT2D eigenvalue weighted by Gasteiger charge is -2.13. The maximum atomic E-state index is 11.7. The third kappa shape index (κ3) is 4.14. The molecule has 0 radical (unpaired) electrons. The molecule has 0 bridgehead atoms. The van der Waals surface area contributed by atoms with Crippen molar-refractivity contribution >= 4 is 10.0 Å². The van der Waals surface area contributed by atoms with E-state index in [0.29, 0.717) is 6.54 Å². The van der Waals surface area contributed by atoms with Gasteiger partial charge in [-0.15, -0.1) is 0 Å². The molecule has 1 rings (SSSR count). The average Bonchev–Trinajstić information content (AvgIpc) is 2.54. The number of nitrogens with one attached hydrogen (secondary N) is 2. The zero-order valence-corrected chi connectivity index (χ0v) is 11.5. The molecule has 0 aliphatic heterocycles. The molecule has 1 atom stereocenters. The second-order valence-electron chi connectivity index (χ2n) is 4.13. The maximum Gasteiger partial charge on any atom is 0.213 e. The number of aryl methyl sites for hydroxylation is 2. The molecule has 0 fully saturated rings. The number of rotatable bonds is 6. The van der Waals surface area contributed by atoms with Crippen LogP contribution in [0.25, 0.3) is 0 Å². The molecule has 1 aromatic heterocycles. The van der Waals surface area contributed by atoms with Crippen LogP contribution in [0.3, 0.4) is 0 Å². The van der Waals surface area contributed by atoms with Crippen molar-refractivity contribution in [2.75, 3.05) is 19.3 Å². The SMILES string of the molecule is CNCCS(=O)(=O)NC(C)c1cc(C)oc1C. The lowest BCUT2D eigenvalue weighted by atomic mass is 10.1. The lowest BCUT2D eigenvalue weighted by molar-refractivity contribution is 0.496. The fourth-order valence-corrected chi connectivity index (χ4v) is 2.96. The molecule has 0 aliphatic carbocycles. The van der Waals surface area contributed by atoms with Gasteiger partial charge in [0.2, 0.25) is 10.0 Å². The molecule has 0 aliphatic rings. The Hall–Kier alpha value is -0.850. The predicted molar refractivity (Wildman–Crippen MR) is 67.4 cm³/mol. The van der Waals surface area contributed by atoms with Gasteiger partial charge in [-0.3, -0.25) is 0 Å². The number of hydrogen-bond acceptors (Lipinski definition) is 4. The molecular formula is C11H20N2O3S. The van der Waals surface area contributed by atoms with E-state index in [4.69, 9.17) is 4.42 Å². The number of furan rings is 1. The minimum atomic E-state index is -3.25. The Morgan fingerprint density at radius 3 is 2.53 bits per heavy atom. The van der Waals surface area contributed by atoms with Crippen LogP contribution in [-0.4, -0.2) is 27.8 Å². The Bertz CT molecular complexity index is 465. The summed E-state index contributed by atoms with van der Waals surface area (Å²) in [6, 6.07) is 1.59. The molecule has 0 saturated carbocycles. The van der Waals surface area contributed by atoms with Crippen LogP contribution in [-0.2, 0) is 10.0 Å². The zero-order valence-electron chi connectivity index (χ0n) is 10.7. The van der Waals surface area contributed by atoms with Crippen LogP contribution in [0, 0.1) is 13.8 Å². The molecule has 1 unspecified atom stereocenters. The normalized spacial score (nSPS) is 13.9. The van der Waals surface area contributed by atoms with E-state index >= 15 is 0 Å². The van der Waals surface area contributed by atoms with Gasteiger partial charge in [0, 0.05) is 18.2 Å². The van der Waals surface area contributed by atoms with Crippen molar-refractivity contribution < 1.29 is 12.8 Å². The first kappa shape index (κ1) is 14.2. The highest BCUT2D eigenvalue weighted by atomic mass is 32.2. The molecule has 2 N–H and O–H groups in total. The van der Waals surface area contributed by atoms with Gasteiger partial charge in [-0.25, -0.2) is 13.1 Å². The Labute approximate surface area is 103 Å². The van der Waals surface area contributed by atoms with Crippen LogP contribution < -0.4 is 10.0 Å². The summed E-state index contributed by atoms with van der Waals surface area (Å²) < 4.78 is 31.4. The Morgan fingerprint density at radius 2 is 2.06 bits per heavy atom. The van der Waals surface area contributed by atoms with Gasteiger partial charge in [-0.05, 0) is 33.9 Å². The van der Waals surface area contributed by atoms with E-state index in [2.05, 4.69) is 10.0 Å². The van der Waals surface area contributed by atoms with Gasteiger partial charge < -0.3 is 9.73 Å². The molecule has 98 valence electrons. The molecule has 0 saturated heterocycles. The molecule has 1 heterocycles. The average molecular weight is 260 g/mol. The van der Waals surface area contributed by atoms with Gasteiger partial charge in [-0.1, -0.05) is 0 Å². The monoisotopic (exact) mass is 260 g/mol. The maximum absolute atomic E-state index is 11.7. The minimum Gasteiger partial charge on any atom is -0.466 e. The predicted octanol–water partition coefficient (Wildman–Crippen LogP) is 1.10. The molecule has 17 heavy (non-hydrogen) atoms. The number of hydrogen-bond donors (Lipinski definition) is 2. The highest BCUT2D eigenvalue weighted by molar-refractivity contribution is 7.89. The zero-order chi connectivity index (χ0) is 13.1. The van der Waals surface area contributed by atoms with Crippen LogP contribution in [0.15, 0.2) is 10.5 Å². The first-order valence-electron chi connectivity index (χ1n) is 5.57. The smallest absolute Gasteiger partial charge is 0.213 e. The van der Waals surface area contributed by atoms with E-state index in [1.807, 2.05) is 26.8 Å². The summed E-state index contributed by atoms with van der Waals surface area (Å²) in [5.74, 6) is 1.62. The van der Waals surface area contributed by atoms with Gasteiger partial charge in [0.05, 0.1) is 5.75 Å². The topological polar surface area (TPSA) is 71.3 Å². The minimum absolute atomic E-state index is 0.0731. The third-order valence-electron chi connectivity index (χ3n) is 2.52. The van der Waals surface area contributed by atoms with Crippen molar-refractivity contribution in [3.63, 3.8) is 0 Å². The van der Waals surface area contributed by atoms with Gasteiger partial charge in [0.15, 0.2) is 0 Å². The molecule has 0 spiro atoms. The van der Waals surface area contributed by atoms with Crippen molar-refractivity contribution in [1.82, 2.24) is 10.0 Å². The van der Waals surface area contributed by atoms with E-state index in [1.54, 1.807) is 7.05 Å². The molecular weight excluding hydrogens is 240 g/mol. The van der Waals surface area contributed by atoms with Crippen molar-refractivity contribution in [3.05, 3.63) is 23.2 Å². The van der Waals surface area contributed by atoms with Crippen LogP contribution in [0.2, 0.25) is 0 Å². The summed E-state index contributed by atoms with van der Waals surface area (Å²) >= 11 is 0. The fourth-order valence-electron chi connectivity index (χ4n) is 1.71. The first-order valence-corrected chi connectivity index (χ1v) is 7.22. The third-order valence-corrected chi connectivity index (χ3v) is 3.98. The molecule has 0 aromatic carbocycles. The summed E-state index contributed by atoms with van der Waals surface area (Å²) in [7, 11) is -1.53. The summed E-state index contributed by atoms with van der Waals surface area (Å²) in [5.41, 5.74) is 0.885. The Balaban J connectivity index is 2.72. The van der Waals surface area contributed by atoms with Gasteiger partial charge in [0.25, 0.3) is 0 Å². The van der Waals surface area contributed by atoms with E-state index in [1.165, 1.54) is 0 Å². The molecule has 0 amide bonds. The van der Waals surface area contributed by atoms with Gasteiger partial charge >= 0.3 is 0 Å². The summed E-state index contributed by atoms with van der Waals surface area (Å²) in [4.78, 5) is 0. The second kappa shape index (κ2) is 5.66. The largest absolute Gasteiger partial charge is 0.466 e. The van der Waals surface area contributed by atoms with Crippen LogP contribution in [0.4, 0.5) is 0 Å². The van der Waals surface area contributed by atoms with E-state index in [9.17, 15) is 8.42 Å². The van der Waals surface area contributed by atoms with Crippen molar-refractivity contribution in [1.29, 1.82) is 0 Å². The van der Waals surface area contributed by atoms with Crippen molar-refractivity contribution in [2.24, 2.45) is 0 Å². The summed E-state index contributed by atoms with van der Waals surface area (Å²) in [6.45, 7) is 5.93. The van der Waals surface area contributed by atoms with Crippen LogP contribution in [0.5, 0.6) is 0 Å². The van der Waals surface area contributed by atoms with Crippen LogP contribution in [0.1, 0.15) is 30.0 Å². The Morgan fingerprint density at radius 1 is 1.41 bits per heavy atom. The standard InChI is InChI=1S/C11H20N2O3S/c1-8-7-11(10(3)16-8)9(2)13-17(14,15)6-5-12-4/h7,9,12-13H,5-6H2,1-4H3. The van der Waals surface area contributed by atoms with Gasteiger partial charge in [0.1, 0.15) is 11.5 Å². The van der Waals surface area contributed by atoms with Gasteiger partial charge in [-0.2, -0.15) is 0 Å². The molecule has 5 nitrogen and oxygen atoms in total. The Kier molecular flexibility index (Phi) is 4.73. The summed E-state index contributed by atoms with van der Waals surface area (Å²) in [6.07, 6.45) is 0. The van der Waals surface area contributed by atoms with E-state index < -0.39 is 10.0 Å². The van der Waals surface area contributed by atoms with E-state index in [0.717, 1.165) is 17.1 Å².